The first-order valence-electron chi connectivity index (χ1n) is 6.52. The fourth-order valence-electron chi connectivity index (χ4n) is 1.98. The molecule has 0 atom stereocenters. The summed E-state index contributed by atoms with van der Waals surface area (Å²) in [6.45, 7) is 0. The van der Waals surface area contributed by atoms with Crippen LogP contribution in [0.5, 0.6) is 11.5 Å². The van der Waals surface area contributed by atoms with Crippen molar-refractivity contribution in [2.24, 2.45) is 0 Å². The highest BCUT2D eigenvalue weighted by atomic mass is 79.9. The van der Waals surface area contributed by atoms with E-state index < -0.39 is 11.9 Å². The van der Waals surface area contributed by atoms with E-state index in [2.05, 4.69) is 21.2 Å². The van der Waals surface area contributed by atoms with Gasteiger partial charge in [0.1, 0.15) is 11.5 Å². The molecule has 2 N–H and O–H groups in total. The van der Waals surface area contributed by atoms with Gasteiger partial charge in [-0.15, -0.1) is 0 Å². The molecule has 0 saturated heterocycles. The normalized spacial score (nSPS) is 10.0. The molecule has 0 fully saturated rings. The highest BCUT2D eigenvalue weighted by Gasteiger charge is 2.17. The van der Waals surface area contributed by atoms with Gasteiger partial charge in [0.15, 0.2) is 0 Å². The maximum Gasteiger partial charge on any atom is 0.337 e. The topological polar surface area (TPSA) is 84.9 Å². The van der Waals surface area contributed by atoms with Gasteiger partial charge in [-0.3, -0.25) is 4.79 Å². The van der Waals surface area contributed by atoms with Crippen molar-refractivity contribution >= 4 is 33.5 Å². The summed E-state index contributed by atoms with van der Waals surface area (Å²) in [6, 6.07) is 9.33. The molecule has 0 bridgehead atoms. The Morgan fingerprint density at radius 2 is 1.78 bits per heavy atom. The van der Waals surface area contributed by atoms with E-state index in [0.29, 0.717) is 16.0 Å². The number of benzene rings is 2. The fourth-order valence-corrected chi connectivity index (χ4v) is 2.34. The number of methoxy groups -OCH3 is 2. The Morgan fingerprint density at radius 1 is 1.04 bits per heavy atom. The summed E-state index contributed by atoms with van der Waals surface area (Å²) in [5.74, 6) is -0.735. The highest BCUT2D eigenvalue weighted by Crippen LogP contribution is 2.27. The van der Waals surface area contributed by atoms with Crippen molar-refractivity contribution in [1.82, 2.24) is 0 Å². The summed E-state index contributed by atoms with van der Waals surface area (Å²) < 4.78 is 10.9. The Hall–Kier alpha value is -2.54. The van der Waals surface area contributed by atoms with E-state index in [1.807, 2.05) is 0 Å². The van der Waals surface area contributed by atoms with Gasteiger partial charge in [-0.2, -0.15) is 0 Å². The Balaban J connectivity index is 2.35. The Kier molecular flexibility index (Phi) is 5.23. The molecule has 0 aliphatic heterocycles. The lowest BCUT2D eigenvalue weighted by Gasteiger charge is -2.12. The van der Waals surface area contributed by atoms with Crippen molar-refractivity contribution in [3.05, 3.63) is 52.0 Å². The Bertz CT molecular complexity index is 760. The lowest BCUT2D eigenvalue weighted by Crippen LogP contribution is -2.15. The van der Waals surface area contributed by atoms with Gasteiger partial charge in [-0.1, -0.05) is 15.9 Å². The van der Waals surface area contributed by atoms with E-state index >= 15 is 0 Å². The van der Waals surface area contributed by atoms with Crippen LogP contribution in [0.15, 0.2) is 40.9 Å². The van der Waals surface area contributed by atoms with Crippen LogP contribution in [0.4, 0.5) is 5.69 Å². The first-order valence-corrected chi connectivity index (χ1v) is 7.31. The van der Waals surface area contributed by atoms with Crippen LogP contribution < -0.4 is 14.8 Å². The molecule has 2 aromatic rings. The average molecular weight is 380 g/mol. The second kappa shape index (κ2) is 7.15. The monoisotopic (exact) mass is 379 g/mol. The van der Waals surface area contributed by atoms with Crippen molar-refractivity contribution in [3.63, 3.8) is 0 Å². The number of carboxylic acids is 1. The number of ether oxygens (including phenoxy) is 2. The third-order valence-corrected chi connectivity index (χ3v) is 3.61. The molecule has 0 aliphatic rings. The summed E-state index contributed by atoms with van der Waals surface area (Å²) in [4.78, 5) is 23.7. The van der Waals surface area contributed by atoms with Gasteiger partial charge < -0.3 is 19.9 Å². The number of rotatable bonds is 5. The number of carboxylic acid groups (broad SMARTS) is 1. The lowest BCUT2D eigenvalue weighted by atomic mass is 10.1. The van der Waals surface area contributed by atoms with Crippen LogP contribution in [-0.4, -0.2) is 31.2 Å². The van der Waals surface area contributed by atoms with E-state index in [9.17, 15) is 14.7 Å². The minimum absolute atomic E-state index is 0.0137. The quantitative estimate of drug-likeness (QED) is 0.831. The minimum Gasteiger partial charge on any atom is -0.497 e. The lowest BCUT2D eigenvalue weighted by molar-refractivity contribution is 0.0698. The highest BCUT2D eigenvalue weighted by molar-refractivity contribution is 9.10. The maximum absolute atomic E-state index is 12.4. The second-order valence-corrected chi connectivity index (χ2v) is 5.43. The molecule has 23 heavy (non-hydrogen) atoms. The third-order valence-electron chi connectivity index (χ3n) is 3.11. The number of anilines is 1. The number of aromatic carboxylic acids is 1. The number of halogens is 1. The molecule has 0 aliphatic carbocycles. The molecule has 2 aromatic carbocycles. The van der Waals surface area contributed by atoms with Crippen molar-refractivity contribution < 1.29 is 24.2 Å². The van der Waals surface area contributed by atoms with Crippen molar-refractivity contribution in [2.75, 3.05) is 19.5 Å². The zero-order valence-corrected chi connectivity index (χ0v) is 14.0. The van der Waals surface area contributed by atoms with Crippen LogP contribution in [0.2, 0.25) is 0 Å². The van der Waals surface area contributed by atoms with Gasteiger partial charge in [0.2, 0.25) is 0 Å². The van der Waals surface area contributed by atoms with Crippen LogP contribution in [0.3, 0.4) is 0 Å². The van der Waals surface area contributed by atoms with Crippen LogP contribution in [-0.2, 0) is 0 Å². The van der Waals surface area contributed by atoms with Crippen molar-refractivity contribution in [1.29, 1.82) is 0 Å². The minimum atomic E-state index is -1.14. The fraction of sp³-hybridized carbons (Fsp3) is 0.125. The molecule has 0 radical (unpaired) electrons. The number of hydrogen-bond acceptors (Lipinski definition) is 4. The number of carbonyl (C=O) groups is 2. The number of amides is 1. The number of carbonyl (C=O) groups excluding carboxylic acids is 1. The third kappa shape index (κ3) is 3.81. The predicted molar refractivity (Wildman–Crippen MR) is 88.6 cm³/mol. The van der Waals surface area contributed by atoms with Crippen LogP contribution in [0.1, 0.15) is 20.7 Å². The van der Waals surface area contributed by atoms with E-state index in [-0.39, 0.29) is 16.8 Å². The molecule has 7 heteroatoms. The maximum atomic E-state index is 12.4. The molecular weight excluding hydrogens is 366 g/mol. The second-order valence-electron chi connectivity index (χ2n) is 4.52. The van der Waals surface area contributed by atoms with E-state index in [0.717, 1.165) is 0 Å². The summed E-state index contributed by atoms with van der Waals surface area (Å²) >= 11 is 3.20. The number of nitrogens with one attached hydrogen (secondary N) is 1. The smallest absolute Gasteiger partial charge is 0.337 e. The summed E-state index contributed by atoms with van der Waals surface area (Å²) in [5, 5.41) is 11.8. The molecular formula is C16H14BrNO5. The van der Waals surface area contributed by atoms with Gasteiger partial charge in [-0.25, -0.2) is 4.79 Å². The molecule has 0 unspecified atom stereocenters. The molecule has 120 valence electrons. The largest absolute Gasteiger partial charge is 0.497 e. The summed E-state index contributed by atoms with van der Waals surface area (Å²) in [5.41, 5.74) is 0.455. The van der Waals surface area contributed by atoms with Gasteiger partial charge in [0.25, 0.3) is 5.91 Å². The van der Waals surface area contributed by atoms with E-state index in [1.54, 1.807) is 24.3 Å². The van der Waals surface area contributed by atoms with Gasteiger partial charge in [0, 0.05) is 10.5 Å². The predicted octanol–water partition coefficient (Wildman–Crippen LogP) is 3.42. The van der Waals surface area contributed by atoms with E-state index in [1.165, 1.54) is 26.4 Å². The van der Waals surface area contributed by atoms with Crippen molar-refractivity contribution in [3.8, 4) is 11.5 Å². The summed E-state index contributed by atoms with van der Waals surface area (Å²) in [6.07, 6.45) is 0. The SMILES string of the molecule is COc1ccc(C(=O)Nc2ccc(Br)cc2C(=O)O)c(OC)c1. The van der Waals surface area contributed by atoms with Gasteiger partial charge in [-0.05, 0) is 30.3 Å². The Morgan fingerprint density at radius 3 is 2.39 bits per heavy atom. The number of hydrogen-bond donors (Lipinski definition) is 2. The molecule has 0 aromatic heterocycles. The molecule has 0 heterocycles. The standard InChI is InChI=1S/C16H14BrNO5/c1-22-10-4-5-11(14(8-10)23-2)15(19)18-13-6-3-9(17)7-12(13)16(20)21/h3-8H,1-2H3,(H,18,19)(H,20,21). The van der Waals surface area contributed by atoms with Crippen LogP contribution in [0.25, 0.3) is 0 Å². The molecule has 0 saturated carbocycles. The zero-order chi connectivity index (χ0) is 17.0. The Labute approximate surface area is 141 Å². The summed E-state index contributed by atoms with van der Waals surface area (Å²) in [7, 11) is 2.95. The first-order chi connectivity index (χ1) is 11.0. The average Bonchev–Trinajstić information content (AvgIpc) is 2.55. The molecule has 2 rings (SSSR count). The van der Waals surface area contributed by atoms with Crippen LogP contribution >= 0.6 is 15.9 Å². The van der Waals surface area contributed by atoms with E-state index in [4.69, 9.17) is 9.47 Å². The molecule has 6 nitrogen and oxygen atoms in total. The van der Waals surface area contributed by atoms with Gasteiger partial charge >= 0.3 is 5.97 Å². The van der Waals surface area contributed by atoms with Crippen molar-refractivity contribution in [2.45, 2.75) is 0 Å². The zero-order valence-electron chi connectivity index (χ0n) is 12.4. The van der Waals surface area contributed by atoms with Crippen LogP contribution in [0, 0.1) is 0 Å². The molecule has 0 spiro atoms. The first kappa shape index (κ1) is 16.8. The molecule has 1 amide bonds. The van der Waals surface area contributed by atoms with Gasteiger partial charge in [0.05, 0.1) is 31.0 Å².